The van der Waals surface area contributed by atoms with Crippen molar-refractivity contribution in [3.05, 3.63) is 117 Å². The average Bonchev–Trinajstić information content (AvgIpc) is 3.37. The molecule has 1 N–H and O–H groups in total. The highest BCUT2D eigenvalue weighted by Crippen LogP contribution is 2.33. The number of nitrogens with one attached hydrogen (secondary N) is 1. The van der Waals surface area contributed by atoms with Crippen molar-refractivity contribution in [1.29, 1.82) is 0 Å². The number of H-pyrrole nitrogens is 1. The molecule has 0 aliphatic rings. The Labute approximate surface area is 226 Å². The van der Waals surface area contributed by atoms with Crippen molar-refractivity contribution in [3.8, 4) is 0 Å². The minimum atomic E-state index is -0.574. The van der Waals surface area contributed by atoms with Crippen LogP contribution < -0.4 is 5.56 Å². The number of aromatic nitrogens is 6. The van der Waals surface area contributed by atoms with Crippen molar-refractivity contribution < 1.29 is 0 Å². The molecule has 5 rings (SSSR count). The van der Waals surface area contributed by atoms with Gasteiger partial charge in [0.15, 0.2) is 5.82 Å². The molecule has 0 aliphatic heterocycles. The van der Waals surface area contributed by atoms with Crippen molar-refractivity contribution in [3.63, 3.8) is 0 Å². The van der Waals surface area contributed by atoms with Crippen LogP contribution in [0.25, 0.3) is 10.9 Å². The Bertz CT molecular complexity index is 1620. The van der Waals surface area contributed by atoms with Crippen molar-refractivity contribution >= 4 is 22.5 Å². The SMILES string of the molecule is Cc1ccc2cc(C(c3nnnn3C(C)(C)C)N(Cc3cccnc3)Cc3ccccc3Cl)c(=O)[nH]c2c1. The topological polar surface area (TPSA) is 92.6 Å². The number of fused-ring (bicyclic) bond motifs is 1. The summed E-state index contributed by atoms with van der Waals surface area (Å²) in [6.45, 7) is 9.07. The summed E-state index contributed by atoms with van der Waals surface area (Å²) in [4.78, 5) is 23.3. The van der Waals surface area contributed by atoms with E-state index < -0.39 is 11.6 Å². The highest BCUT2D eigenvalue weighted by Gasteiger charge is 2.34. The van der Waals surface area contributed by atoms with E-state index in [1.807, 2.05) is 94.6 Å². The summed E-state index contributed by atoms with van der Waals surface area (Å²) in [7, 11) is 0. The van der Waals surface area contributed by atoms with Crippen LogP contribution in [0, 0.1) is 6.92 Å². The third kappa shape index (κ3) is 5.37. The van der Waals surface area contributed by atoms with Gasteiger partial charge in [-0.25, -0.2) is 4.68 Å². The van der Waals surface area contributed by atoms with E-state index in [1.165, 1.54) is 0 Å². The summed E-state index contributed by atoms with van der Waals surface area (Å²) in [6.07, 6.45) is 3.58. The first-order valence-corrected chi connectivity index (χ1v) is 12.9. The van der Waals surface area contributed by atoms with Gasteiger partial charge in [-0.1, -0.05) is 48.0 Å². The lowest BCUT2D eigenvalue weighted by Gasteiger charge is -2.33. The molecule has 3 aromatic heterocycles. The molecule has 0 spiro atoms. The number of pyridine rings is 2. The fourth-order valence-corrected chi connectivity index (χ4v) is 4.88. The molecular weight excluding hydrogens is 498 g/mol. The van der Waals surface area contributed by atoms with Crippen LogP contribution in [0.3, 0.4) is 0 Å². The van der Waals surface area contributed by atoms with Gasteiger partial charge in [0.1, 0.15) is 6.04 Å². The minimum Gasteiger partial charge on any atom is -0.322 e. The predicted molar refractivity (Wildman–Crippen MR) is 149 cm³/mol. The Morgan fingerprint density at radius 1 is 1.05 bits per heavy atom. The van der Waals surface area contributed by atoms with Crippen LogP contribution in [-0.4, -0.2) is 35.1 Å². The number of aromatic amines is 1. The number of halogens is 1. The molecule has 0 saturated carbocycles. The molecule has 0 amide bonds. The Hall–Kier alpha value is -3.88. The highest BCUT2D eigenvalue weighted by atomic mass is 35.5. The Kier molecular flexibility index (Phi) is 7.10. The zero-order chi connectivity index (χ0) is 26.9. The van der Waals surface area contributed by atoms with Crippen LogP contribution in [0.2, 0.25) is 5.02 Å². The van der Waals surface area contributed by atoms with E-state index >= 15 is 0 Å². The van der Waals surface area contributed by atoms with Gasteiger partial charge in [-0.2, -0.15) is 0 Å². The average molecular weight is 528 g/mol. The van der Waals surface area contributed by atoms with Crippen LogP contribution in [0.5, 0.6) is 0 Å². The first-order valence-electron chi connectivity index (χ1n) is 12.5. The van der Waals surface area contributed by atoms with E-state index in [0.717, 1.165) is 27.6 Å². The normalized spacial score (nSPS) is 12.8. The van der Waals surface area contributed by atoms with Crippen molar-refractivity contribution in [2.75, 3.05) is 0 Å². The van der Waals surface area contributed by atoms with Crippen molar-refractivity contribution in [1.82, 2.24) is 35.1 Å². The lowest BCUT2D eigenvalue weighted by Crippen LogP contribution is -2.37. The van der Waals surface area contributed by atoms with Gasteiger partial charge in [0, 0.05) is 41.6 Å². The van der Waals surface area contributed by atoms with Crippen LogP contribution in [0.4, 0.5) is 0 Å². The third-order valence-electron chi connectivity index (χ3n) is 6.50. The second kappa shape index (κ2) is 10.5. The quantitative estimate of drug-likeness (QED) is 0.304. The van der Waals surface area contributed by atoms with Gasteiger partial charge in [-0.3, -0.25) is 14.7 Å². The molecule has 5 aromatic rings. The minimum absolute atomic E-state index is 0.188. The summed E-state index contributed by atoms with van der Waals surface area (Å²) >= 11 is 6.62. The van der Waals surface area contributed by atoms with Crippen LogP contribution in [0.1, 0.15) is 54.9 Å². The maximum atomic E-state index is 13.7. The molecule has 9 heteroatoms. The number of aryl methyl sites for hydroxylation is 1. The molecule has 1 unspecified atom stereocenters. The number of hydrogen-bond acceptors (Lipinski definition) is 6. The molecule has 0 saturated heterocycles. The maximum Gasteiger partial charge on any atom is 0.253 e. The zero-order valence-corrected chi connectivity index (χ0v) is 22.6. The molecule has 0 bridgehead atoms. The van der Waals surface area contributed by atoms with Gasteiger partial charge in [-0.15, -0.1) is 5.10 Å². The predicted octanol–water partition coefficient (Wildman–Crippen LogP) is 5.42. The number of hydrogen-bond donors (Lipinski definition) is 1. The fourth-order valence-electron chi connectivity index (χ4n) is 4.69. The lowest BCUT2D eigenvalue weighted by atomic mass is 10.00. The van der Waals surface area contributed by atoms with E-state index in [1.54, 1.807) is 10.9 Å². The van der Waals surface area contributed by atoms with E-state index in [0.29, 0.717) is 29.5 Å². The number of rotatable bonds is 7. The first-order chi connectivity index (χ1) is 18.2. The van der Waals surface area contributed by atoms with E-state index in [2.05, 4.69) is 30.4 Å². The highest BCUT2D eigenvalue weighted by molar-refractivity contribution is 6.31. The Balaban J connectivity index is 1.74. The smallest absolute Gasteiger partial charge is 0.253 e. The van der Waals surface area contributed by atoms with E-state index in [4.69, 9.17) is 11.6 Å². The second-order valence-corrected chi connectivity index (χ2v) is 10.9. The summed E-state index contributed by atoms with van der Waals surface area (Å²) in [5, 5.41) is 14.4. The third-order valence-corrected chi connectivity index (χ3v) is 6.87. The lowest BCUT2D eigenvalue weighted by molar-refractivity contribution is 0.184. The molecule has 0 aliphatic carbocycles. The van der Waals surface area contributed by atoms with Crippen LogP contribution >= 0.6 is 11.6 Å². The molecule has 0 fully saturated rings. The maximum absolute atomic E-state index is 13.7. The number of tetrazole rings is 1. The Morgan fingerprint density at radius 2 is 1.87 bits per heavy atom. The molecule has 8 nitrogen and oxygen atoms in total. The summed E-state index contributed by atoms with van der Waals surface area (Å²) in [5.74, 6) is 0.574. The standard InChI is InChI=1S/C29H30ClN7O/c1-19-11-12-21-15-23(28(38)32-25(21)14-19)26(27-33-34-35-37(27)29(2,3)4)36(17-20-8-7-13-31-16-20)18-22-9-5-6-10-24(22)30/h5-16,26H,17-18H2,1-4H3,(H,32,38). The van der Waals surface area contributed by atoms with Crippen LogP contribution in [0.15, 0.2) is 77.9 Å². The van der Waals surface area contributed by atoms with E-state index in [9.17, 15) is 4.79 Å². The first kappa shape index (κ1) is 25.8. The molecule has 2 aromatic carbocycles. The summed E-state index contributed by atoms with van der Waals surface area (Å²) in [6, 6.07) is 19.1. The number of benzene rings is 2. The van der Waals surface area contributed by atoms with Gasteiger partial charge in [0.25, 0.3) is 5.56 Å². The van der Waals surface area contributed by atoms with Gasteiger partial charge in [0.05, 0.1) is 5.54 Å². The molecule has 3 heterocycles. The van der Waals surface area contributed by atoms with Crippen molar-refractivity contribution in [2.45, 2.75) is 52.4 Å². The molecule has 0 radical (unpaired) electrons. The fraction of sp³-hybridized carbons (Fsp3) is 0.276. The molecular formula is C29H30ClN7O. The second-order valence-electron chi connectivity index (χ2n) is 10.5. The Morgan fingerprint density at radius 3 is 2.61 bits per heavy atom. The molecule has 1 atom stereocenters. The van der Waals surface area contributed by atoms with Gasteiger partial charge in [0.2, 0.25) is 0 Å². The van der Waals surface area contributed by atoms with Crippen LogP contribution in [-0.2, 0) is 18.6 Å². The molecule has 38 heavy (non-hydrogen) atoms. The van der Waals surface area contributed by atoms with Gasteiger partial charge in [-0.05, 0) is 84.5 Å². The summed E-state index contributed by atoms with van der Waals surface area (Å²) in [5.41, 5.74) is 3.74. The largest absolute Gasteiger partial charge is 0.322 e. The van der Waals surface area contributed by atoms with E-state index in [-0.39, 0.29) is 5.56 Å². The van der Waals surface area contributed by atoms with Crippen molar-refractivity contribution in [2.24, 2.45) is 0 Å². The summed E-state index contributed by atoms with van der Waals surface area (Å²) < 4.78 is 1.79. The molecule has 194 valence electrons. The zero-order valence-electron chi connectivity index (χ0n) is 21.9. The monoisotopic (exact) mass is 527 g/mol. The van der Waals surface area contributed by atoms with Gasteiger partial charge < -0.3 is 4.98 Å². The van der Waals surface area contributed by atoms with Gasteiger partial charge >= 0.3 is 0 Å². The number of nitrogens with zero attached hydrogens (tertiary/aromatic N) is 6.